The third kappa shape index (κ3) is 3.52. The summed E-state index contributed by atoms with van der Waals surface area (Å²) >= 11 is 5.90. The molecule has 0 spiro atoms. The second kappa shape index (κ2) is 6.29. The maximum Gasteiger partial charge on any atom is 0.194 e. The molecule has 0 amide bonds. The molecule has 0 aromatic heterocycles. The molecule has 5 heteroatoms. The molecule has 2 aromatic rings. The van der Waals surface area contributed by atoms with Gasteiger partial charge in [0.2, 0.25) is 0 Å². The van der Waals surface area contributed by atoms with Gasteiger partial charge in [0.25, 0.3) is 0 Å². The number of hydrogen-bond donors (Lipinski definition) is 1. The Morgan fingerprint density at radius 1 is 1.10 bits per heavy atom. The Morgan fingerprint density at radius 3 is 2.35 bits per heavy atom. The van der Waals surface area contributed by atoms with Crippen molar-refractivity contribution in [2.24, 2.45) is 0 Å². The highest BCUT2D eigenvalue weighted by atomic mass is 35.5. The van der Waals surface area contributed by atoms with Crippen molar-refractivity contribution < 1.29 is 13.2 Å². The standard InChI is InChI=1S/C15H13ClF3N/c1-9(11-3-2-4-12(16)7-11)20-8-10-5-13(17)15(19)14(18)6-10/h2-7,9,20H,8H2,1H3/t9-/m1/s1. The topological polar surface area (TPSA) is 12.0 Å². The van der Waals surface area contributed by atoms with Crippen LogP contribution in [0.2, 0.25) is 5.02 Å². The van der Waals surface area contributed by atoms with Crippen molar-refractivity contribution in [2.45, 2.75) is 19.5 Å². The van der Waals surface area contributed by atoms with E-state index in [1.54, 1.807) is 6.07 Å². The van der Waals surface area contributed by atoms with Crippen molar-refractivity contribution in [3.8, 4) is 0 Å². The number of benzene rings is 2. The van der Waals surface area contributed by atoms with Crippen LogP contribution in [0.1, 0.15) is 24.1 Å². The Labute approximate surface area is 120 Å². The van der Waals surface area contributed by atoms with Crippen LogP contribution in [-0.4, -0.2) is 0 Å². The number of nitrogens with one attached hydrogen (secondary N) is 1. The van der Waals surface area contributed by atoms with E-state index in [0.29, 0.717) is 10.6 Å². The summed E-state index contributed by atoms with van der Waals surface area (Å²) in [4.78, 5) is 0. The van der Waals surface area contributed by atoms with Crippen LogP contribution >= 0.6 is 11.6 Å². The first-order chi connectivity index (χ1) is 9.47. The summed E-state index contributed by atoms with van der Waals surface area (Å²) in [5.41, 5.74) is 1.30. The molecule has 0 aliphatic rings. The Bertz CT molecular complexity index is 593. The van der Waals surface area contributed by atoms with Gasteiger partial charge in [0.15, 0.2) is 17.5 Å². The lowest BCUT2D eigenvalue weighted by molar-refractivity contribution is 0.443. The molecule has 1 atom stereocenters. The lowest BCUT2D eigenvalue weighted by atomic mass is 10.1. The normalized spacial score (nSPS) is 12.4. The van der Waals surface area contributed by atoms with Gasteiger partial charge < -0.3 is 5.32 Å². The molecule has 106 valence electrons. The molecule has 0 fully saturated rings. The van der Waals surface area contributed by atoms with E-state index in [1.807, 2.05) is 25.1 Å². The Kier molecular flexibility index (Phi) is 4.68. The second-order valence-corrected chi connectivity index (χ2v) is 4.97. The van der Waals surface area contributed by atoms with Crippen molar-refractivity contribution in [3.05, 3.63) is 70.0 Å². The minimum atomic E-state index is -1.45. The number of rotatable bonds is 4. The third-order valence-corrected chi connectivity index (χ3v) is 3.24. The second-order valence-electron chi connectivity index (χ2n) is 4.53. The van der Waals surface area contributed by atoms with Crippen molar-refractivity contribution in [2.75, 3.05) is 0 Å². The van der Waals surface area contributed by atoms with Gasteiger partial charge in [-0.15, -0.1) is 0 Å². The molecule has 0 saturated heterocycles. The van der Waals surface area contributed by atoms with Gasteiger partial charge in [-0.1, -0.05) is 23.7 Å². The van der Waals surface area contributed by atoms with Gasteiger partial charge in [-0.3, -0.25) is 0 Å². The summed E-state index contributed by atoms with van der Waals surface area (Å²) < 4.78 is 39.0. The SMILES string of the molecule is C[C@@H](NCc1cc(F)c(F)c(F)c1)c1cccc(Cl)c1. The molecular formula is C15H13ClF3N. The van der Waals surface area contributed by atoms with Gasteiger partial charge in [-0.05, 0) is 42.3 Å². The first kappa shape index (κ1) is 14.9. The van der Waals surface area contributed by atoms with E-state index in [9.17, 15) is 13.2 Å². The molecule has 0 heterocycles. The maximum absolute atomic E-state index is 13.1. The van der Waals surface area contributed by atoms with E-state index in [-0.39, 0.29) is 12.6 Å². The van der Waals surface area contributed by atoms with Crippen LogP contribution in [0.15, 0.2) is 36.4 Å². The number of hydrogen-bond acceptors (Lipinski definition) is 1. The van der Waals surface area contributed by atoms with Gasteiger partial charge in [-0.2, -0.15) is 0 Å². The van der Waals surface area contributed by atoms with E-state index < -0.39 is 17.5 Å². The van der Waals surface area contributed by atoms with E-state index in [0.717, 1.165) is 17.7 Å². The monoisotopic (exact) mass is 299 g/mol. The van der Waals surface area contributed by atoms with Crippen LogP contribution < -0.4 is 5.32 Å². The molecule has 0 bridgehead atoms. The molecule has 0 aliphatic heterocycles. The van der Waals surface area contributed by atoms with Crippen molar-refractivity contribution in [1.29, 1.82) is 0 Å². The predicted molar refractivity (Wildman–Crippen MR) is 73.0 cm³/mol. The van der Waals surface area contributed by atoms with Gasteiger partial charge >= 0.3 is 0 Å². The fourth-order valence-corrected chi connectivity index (χ4v) is 2.07. The first-order valence-electron chi connectivity index (χ1n) is 6.09. The summed E-state index contributed by atoms with van der Waals surface area (Å²) in [5.74, 6) is -3.81. The van der Waals surface area contributed by atoms with Crippen LogP contribution in [0.5, 0.6) is 0 Å². The lowest BCUT2D eigenvalue weighted by Gasteiger charge is -2.15. The van der Waals surface area contributed by atoms with Crippen molar-refractivity contribution in [1.82, 2.24) is 5.32 Å². The van der Waals surface area contributed by atoms with Crippen molar-refractivity contribution >= 4 is 11.6 Å². The van der Waals surface area contributed by atoms with E-state index >= 15 is 0 Å². The molecule has 0 saturated carbocycles. The minimum absolute atomic E-state index is 0.0510. The van der Waals surface area contributed by atoms with Crippen molar-refractivity contribution in [3.63, 3.8) is 0 Å². The molecule has 1 N–H and O–H groups in total. The zero-order valence-corrected chi connectivity index (χ0v) is 11.5. The minimum Gasteiger partial charge on any atom is -0.306 e. The summed E-state index contributed by atoms with van der Waals surface area (Å²) in [5, 5.41) is 3.72. The fraction of sp³-hybridized carbons (Fsp3) is 0.200. The quantitative estimate of drug-likeness (QED) is 0.813. The highest BCUT2D eigenvalue weighted by molar-refractivity contribution is 6.30. The Hall–Kier alpha value is -1.52. The van der Waals surface area contributed by atoms with Gasteiger partial charge in [0.05, 0.1) is 0 Å². The third-order valence-electron chi connectivity index (χ3n) is 3.00. The zero-order valence-electron chi connectivity index (χ0n) is 10.8. The van der Waals surface area contributed by atoms with Gasteiger partial charge in [-0.25, -0.2) is 13.2 Å². The molecule has 0 unspecified atom stereocenters. The smallest absolute Gasteiger partial charge is 0.194 e. The first-order valence-corrected chi connectivity index (χ1v) is 6.47. The molecule has 2 aromatic carbocycles. The summed E-state index contributed by atoms with van der Waals surface area (Å²) in [6.45, 7) is 2.13. The highest BCUT2D eigenvalue weighted by Crippen LogP contribution is 2.19. The lowest BCUT2D eigenvalue weighted by Crippen LogP contribution is -2.18. The number of halogens is 4. The average Bonchev–Trinajstić information content (AvgIpc) is 2.42. The summed E-state index contributed by atoms with van der Waals surface area (Å²) in [6, 6.07) is 9.22. The van der Waals surface area contributed by atoms with Crippen LogP contribution in [0.25, 0.3) is 0 Å². The van der Waals surface area contributed by atoms with E-state index in [1.165, 1.54) is 0 Å². The molecule has 20 heavy (non-hydrogen) atoms. The molecule has 0 aliphatic carbocycles. The predicted octanol–water partition coefficient (Wildman–Crippen LogP) is 4.61. The average molecular weight is 300 g/mol. The van der Waals surface area contributed by atoms with Gasteiger partial charge in [0.1, 0.15) is 0 Å². The zero-order chi connectivity index (χ0) is 14.7. The van der Waals surface area contributed by atoms with E-state index in [4.69, 9.17) is 11.6 Å². The van der Waals surface area contributed by atoms with E-state index in [2.05, 4.69) is 5.32 Å². The van der Waals surface area contributed by atoms with Crippen LogP contribution in [0, 0.1) is 17.5 Å². The molecule has 1 nitrogen and oxygen atoms in total. The molecule has 2 rings (SSSR count). The summed E-state index contributed by atoms with van der Waals surface area (Å²) in [7, 11) is 0. The maximum atomic E-state index is 13.1. The molecule has 0 radical (unpaired) electrons. The van der Waals surface area contributed by atoms with Crippen LogP contribution in [0.3, 0.4) is 0 Å². The van der Waals surface area contributed by atoms with Gasteiger partial charge in [0, 0.05) is 17.6 Å². The highest BCUT2D eigenvalue weighted by Gasteiger charge is 2.11. The van der Waals surface area contributed by atoms with Crippen LogP contribution in [-0.2, 0) is 6.54 Å². The molecular weight excluding hydrogens is 287 g/mol. The Morgan fingerprint density at radius 2 is 1.75 bits per heavy atom. The largest absolute Gasteiger partial charge is 0.306 e. The summed E-state index contributed by atoms with van der Waals surface area (Å²) in [6.07, 6.45) is 0. The Balaban J connectivity index is 2.05. The van der Waals surface area contributed by atoms with Crippen LogP contribution in [0.4, 0.5) is 13.2 Å². The fourth-order valence-electron chi connectivity index (χ4n) is 1.87.